The van der Waals surface area contributed by atoms with Crippen molar-refractivity contribution >= 4 is 34.8 Å². The minimum Gasteiger partial charge on any atom is -0.493 e. The number of hydrogen-bond donors (Lipinski definition) is 0. The minimum atomic E-state index is -0.884. The minimum absolute atomic E-state index is 0.0948. The van der Waals surface area contributed by atoms with E-state index >= 15 is 0 Å². The van der Waals surface area contributed by atoms with E-state index in [0.29, 0.717) is 44.3 Å². The standard InChI is InChI=1S/C33H30N4O11S/c1-6-46-27-16-20(9-12-24(27)44-4)30-29(32(39)47-7-2)18(3)34-33-35(30)31(38)28(49-33)15-19-8-11-25(26(14-19)45-5)48-23-13-10-21(36(40)41)17-22(23)37(42)43/h8-17,30H,6-7H2,1-5H3/b28-15-/t30-/m1/s1. The number of carbonyl (C=O) groups excluding carboxylic acids is 1. The lowest BCUT2D eigenvalue weighted by Gasteiger charge is -2.25. The predicted octanol–water partition coefficient (Wildman–Crippen LogP) is 4.82. The number of aromatic nitrogens is 1. The Kier molecular flexibility index (Phi) is 10.1. The highest BCUT2D eigenvalue weighted by Gasteiger charge is 2.34. The van der Waals surface area contributed by atoms with E-state index in [1.54, 1.807) is 50.3 Å². The van der Waals surface area contributed by atoms with Crippen LogP contribution >= 0.6 is 11.3 Å². The molecule has 1 aliphatic rings. The number of allylic oxidation sites excluding steroid dienone is 1. The predicted molar refractivity (Wildman–Crippen MR) is 177 cm³/mol. The molecule has 2 heterocycles. The Hall–Kier alpha value is -6.03. The third-order valence-corrected chi connectivity index (χ3v) is 8.36. The van der Waals surface area contributed by atoms with Gasteiger partial charge in [0.15, 0.2) is 27.8 Å². The van der Waals surface area contributed by atoms with E-state index in [1.165, 1.54) is 24.9 Å². The van der Waals surface area contributed by atoms with Crippen LogP contribution in [0, 0.1) is 20.2 Å². The van der Waals surface area contributed by atoms with E-state index in [0.717, 1.165) is 29.5 Å². The topological polar surface area (TPSA) is 184 Å². The largest absolute Gasteiger partial charge is 0.493 e. The molecule has 0 saturated heterocycles. The molecular formula is C33H30N4O11S. The summed E-state index contributed by atoms with van der Waals surface area (Å²) >= 11 is 1.12. The van der Waals surface area contributed by atoms with Crippen molar-refractivity contribution in [2.75, 3.05) is 27.4 Å². The molecule has 16 heteroatoms. The number of non-ortho nitro benzene ring substituents is 1. The first-order valence-corrected chi connectivity index (χ1v) is 15.6. The molecule has 3 aromatic carbocycles. The molecular weight excluding hydrogens is 660 g/mol. The van der Waals surface area contributed by atoms with E-state index in [2.05, 4.69) is 4.99 Å². The number of esters is 1. The highest BCUT2D eigenvalue weighted by molar-refractivity contribution is 7.07. The van der Waals surface area contributed by atoms with E-state index in [4.69, 9.17) is 23.7 Å². The summed E-state index contributed by atoms with van der Waals surface area (Å²) < 4.78 is 29.5. The van der Waals surface area contributed by atoms with Crippen molar-refractivity contribution in [3.8, 4) is 28.7 Å². The first kappa shape index (κ1) is 34.3. The van der Waals surface area contributed by atoms with Crippen molar-refractivity contribution < 1.29 is 38.3 Å². The van der Waals surface area contributed by atoms with Gasteiger partial charge in [-0.1, -0.05) is 23.5 Å². The second-order valence-corrected chi connectivity index (χ2v) is 11.3. The zero-order chi connectivity index (χ0) is 35.4. The number of nitro benzene ring substituents is 2. The Morgan fingerprint density at radius 1 is 0.918 bits per heavy atom. The number of methoxy groups -OCH3 is 2. The number of hydrogen-bond acceptors (Lipinski definition) is 13. The number of benzene rings is 3. The van der Waals surface area contributed by atoms with Gasteiger partial charge >= 0.3 is 11.7 Å². The maximum Gasteiger partial charge on any atom is 0.338 e. The van der Waals surface area contributed by atoms with Crippen LogP contribution in [0.4, 0.5) is 11.4 Å². The number of nitro groups is 2. The smallest absolute Gasteiger partial charge is 0.338 e. The van der Waals surface area contributed by atoms with Crippen LogP contribution in [0.3, 0.4) is 0 Å². The summed E-state index contributed by atoms with van der Waals surface area (Å²) in [6, 6.07) is 12.0. The molecule has 0 radical (unpaired) electrons. The number of thiazole rings is 1. The van der Waals surface area contributed by atoms with Crippen molar-refractivity contribution in [2.45, 2.75) is 26.8 Å². The molecule has 0 bridgehead atoms. The lowest BCUT2D eigenvalue weighted by Crippen LogP contribution is -2.40. The van der Waals surface area contributed by atoms with Gasteiger partial charge in [0.05, 0.1) is 65.2 Å². The van der Waals surface area contributed by atoms with Gasteiger partial charge in [0.1, 0.15) is 0 Å². The lowest BCUT2D eigenvalue weighted by molar-refractivity contribution is -0.394. The van der Waals surface area contributed by atoms with Crippen LogP contribution in [0.5, 0.6) is 28.7 Å². The summed E-state index contributed by atoms with van der Waals surface area (Å²) in [6.45, 7) is 5.69. The summed E-state index contributed by atoms with van der Waals surface area (Å²) in [6.07, 6.45) is 1.62. The summed E-state index contributed by atoms with van der Waals surface area (Å²) in [4.78, 5) is 53.5. The number of rotatable bonds is 12. The van der Waals surface area contributed by atoms with E-state index in [1.807, 2.05) is 6.92 Å². The highest BCUT2D eigenvalue weighted by Crippen LogP contribution is 2.39. The van der Waals surface area contributed by atoms with Crippen LogP contribution in [0.2, 0.25) is 0 Å². The first-order valence-electron chi connectivity index (χ1n) is 14.8. The molecule has 0 spiro atoms. The third-order valence-electron chi connectivity index (χ3n) is 7.38. The van der Waals surface area contributed by atoms with Gasteiger partial charge in [0, 0.05) is 6.07 Å². The Morgan fingerprint density at radius 3 is 2.29 bits per heavy atom. The maximum absolute atomic E-state index is 14.1. The van der Waals surface area contributed by atoms with Crippen molar-refractivity contribution in [1.29, 1.82) is 0 Å². The molecule has 1 atom stereocenters. The fraction of sp³-hybridized carbons (Fsp3) is 0.242. The van der Waals surface area contributed by atoms with Gasteiger partial charge in [-0.25, -0.2) is 9.79 Å². The molecule has 254 valence electrons. The molecule has 0 unspecified atom stereocenters. The molecule has 49 heavy (non-hydrogen) atoms. The average Bonchev–Trinajstić information content (AvgIpc) is 3.38. The zero-order valence-corrected chi connectivity index (χ0v) is 27.8. The molecule has 5 rings (SSSR count). The molecule has 0 fully saturated rings. The fourth-order valence-electron chi connectivity index (χ4n) is 5.22. The molecule has 1 aliphatic heterocycles. The van der Waals surface area contributed by atoms with Gasteiger partial charge in [-0.3, -0.25) is 29.6 Å². The molecule has 0 N–H and O–H groups in total. The Labute approximate surface area is 282 Å². The quantitative estimate of drug-likeness (QED) is 0.113. The van der Waals surface area contributed by atoms with Crippen LogP contribution in [-0.4, -0.2) is 47.8 Å². The summed E-state index contributed by atoms with van der Waals surface area (Å²) in [5.41, 5.74) is 0.226. The Balaban J connectivity index is 1.60. The molecule has 1 aromatic heterocycles. The molecule has 0 amide bonds. The Morgan fingerprint density at radius 2 is 1.63 bits per heavy atom. The number of nitrogens with zero attached hydrogens (tertiary/aromatic N) is 4. The Bertz CT molecular complexity index is 2190. The van der Waals surface area contributed by atoms with Gasteiger partial charge in [0.2, 0.25) is 5.75 Å². The van der Waals surface area contributed by atoms with Crippen molar-refractivity contribution in [3.63, 3.8) is 0 Å². The second kappa shape index (κ2) is 14.4. The van der Waals surface area contributed by atoms with Crippen LogP contribution in [0.25, 0.3) is 6.08 Å². The van der Waals surface area contributed by atoms with E-state index in [-0.39, 0.29) is 29.4 Å². The van der Waals surface area contributed by atoms with Gasteiger partial charge < -0.3 is 23.7 Å². The zero-order valence-electron chi connectivity index (χ0n) is 27.0. The van der Waals surface area contributed by atoms with E-state index < -0.39 is 38.8 Å². The van der Waals surface area contributed by atoms with Gasteiger partial charge in [-0.15, -0.1) is 0 Å². The average molecular weight is 691 g/mol. The van der Waals surface area contributed by atoms with Crippen LogP contribution in [-0.2, 0) is 9.53 Å². The highest BCUT2D eigenvalue weighted by atomic mass is 32.1. The van der Waals surface area contributed by atoms with Gasteiger partial charge in [-0.2, -0.15) is 0 Å². The molecule has 0 aliphatic carbocycles. The summed E-state index contributed by atoms with van der Waals surface area (Å²) in [7, 11) is 2.89. The SMILES string of the molecule is CCOC(=O)C1=C(C)N=c2s/c(=C\c3ccc(Oc4ccc([N+](=O)[O-])cc4[N+](=O)[O-])c(OC)c3)c(=O)n2[C@@H]1c1ccc(OC)c(OCC)c1. The molecule has 15 nitrogen and oxygen atoms in total. The second-order valence-electron chi connectivity index (χ2n) is 10.3. The van der Waals surface area contributed by atoms with Crippen LogP contribution in [0.15, 0.2) is 75.7 Å². The monoisotopic (exact) mass is 690 g/mol. The third kappa shape index (κ3) is 6.85. The van der Waals surface area contributed by atoms with Crippen LogP contribution in [0.1, 0.15) is 37.9 Å². The normalized spacial score (nSPS) is 14.1. The number of ether oxygens (including phenoxy) is 5. The van der Waals surface area contributed by atoms with Crippen molar-refractivity contribution in [1.82, 2.24) is 4.57 Å². The lowest BCUT2D eigenvalue weighted by atomic mass is 9.95. The van der Waals surface area contributed by atoms with Crippen molar-refractivity contribution in [2.24, 2.45) is 4.99 Å². The van der Waals surface area contributed by atoms with Gasteiger partial charge in [-0.05, 0) is 68.3 Å². The molecule has 0 saturated carbocycles. The van der Waals surface area contributed by atoms with Crippen molar-refractivity contribution in [3.05, 3.63) is 117 Å². The van der Waals surface area contributed by atoms with E-state index in [9.17, 15) is 29.8 Å². The molecule has 4 aromatic rings. The number of fused-ring (bicyclic) bond motifs is 1. The summed E-state index contributed by atoms with van der Waals surface area (Å²) in [5.74, 6) is 0.364. The van der Waals surface area contributed by atoms with Gasteiger partial charge in [0.25, 0.3) is 11.2 Å². The fourth-order valence-corrected chi connectivity index (χ4v) is 6.26. The number of carbonyl (C=O) groups is 1. The summed E-state index contributed by atoms with van der Waals surface area (Å²) in [5, 5.41) is 22.7. The maximum atomic E-state index is 14.1. The first-order chi connectivity index (χ1) is 23.5. The van der Waals surface area contributed by atoms with Crippen LogP contribution < -0.4 is 33.8 Å².